The number of carbonyl (C=O) groups is 1. The van der Waals surface area contributed by atoms with Crippen LogP contribution in [0.25, 0.3) is 0 Å². The van der Waals surface area contributed by atoms with Crippen LogP contribution >= 0.6 is 23.2 Å². The molecule has 1 heterocycles. The number of amides is 1. The summed E-state index contributed by atoms with van der Waals surface area (Å²) in [5.74, 6) is -0.144. The first-order valence-corrected chi connectivity index (χ1v) is 8.20. The summed E-state index contributed by atoms with van der Waals surface area (Å²) in [6.07, 6.45) is 3.40. The van der Waals surface area contributed by atoms with E-state index in [4.69, 9.17) is 23.2 Å². The zero-order chi connectivity index (χ0) is 18.0. The van der Waals surface area contributed by atoms with E-state index in [0.29, 0.717) is 16.4 Å². The number of imidazole rings is 1. The van der Waals surface area contributed by atoms with Crippen molar-refractivity contribution in [3.63, 3.8) is 0 Å². The Morgan fingerprint density at radius 2 is 1.92 bits per heavy atom. The maximum atomic E-state index is 13.3. The van der Waals surface area contributed by atoms with Gasteiger partial charge in [-0.15, -0.1) is 0 Å². The summed E-state index contributed by atoms with van der Waals surface area (Å²) in [5.41, 5.74) is 0.956. The fraction of sp³-hybridized carbons (Fsp3) is 0.111. The van der Waals surface area contributed by atoms with Gasteiger partial charge in [-0.05, 0) is 29.8 Å². The van der Waals surface area contributed by atoms with Gasteiger partial charge in [0.15, 0.2) is 0 Å². The van der Waals surface area contributed by atoms with Gasteiger partial charge in [-0.3, -0.25) is 4.79 Å². The Balaban J connectivity index is 1.98. The molecule has 0 aliphatic rings. The standard InChI is InChI=1S/C18H14Cl2FN3O/c1-24-10-9-22-17(24)16(11-5-7-12(21)8-6-11)23-18(25)13-3-2-4-14(19)15(13)20/h2-10,16H,1H3,(H,23,25). The van der Waals surface area contributed by atoms with E-state index in [1.165, 1.54) is 12.1 Å². The first-order chi connectivity index (χ1) is 12.0. The minimum Gasteiger partial charge on any atom is -0.338 e. The molecule has 0 saturated heterocycles. The van der Waals surface area contributed by atoms with Crippen molar-refractivity contribution in [2.45, 2.75) is 6.04 Å². The van der Waals surface area contributed by atoms with Crippen molar-refractivity contribution in [3.05, 3.63) is 87.7 Å². The molecule has 0 aliphatic heterocycles. The Labute approximate surface area is 154 Å². The summed E-state index contributed by atoms with van der Waals surface area (Å²) in [5, 5.41) is 3.37. The average molecular weight is 378 g/mol. The van der Waals surface area contributed by atoms with Gasteiger partial charge >= 0.3 is 0 Å². The lowest BCUT2D eigenvalue weighted by atomic mass is 10.1. The van der Waals surface area contributed by atoms with E-state index in [1.807, 2.05) is 7.05 Å². The van der Waals surface area contributed by atoms with Crippen LogP contribution in [0.5, 0.6) is 0 Å². The predicted molar refractivity (Wildman–Crippen MR) is 95.4 cm³/mol. The highest BCUT2D eigenvalue weighted by atomic mass is 35.5. The maximum absolute atomic E-state index is 13.3. The molecule has 1 amide bonds. The van der Waals surface area contributed by atoms with Gasteiger partial charge in [0.2, 0.25) is 0 Å². The second kappa shape index (κ2) is 7.25. The minimum atomic E-state index is -0.567. The number of nitrogens with zero attached hydrogens (tertiary/aromatic N) is 2. The highest BCUT2D eigenvalue weighted by Crippen LogP contribution is 2.27. The normalized spacial score (nSPS) is 12.0. The third-order valence-electron chi connectivity index (χ3n) is 3.79. The lowest BCUT2D eigenvalue weighted by Gasteiger charge is -2.19. The van der Waals surface area contributed by atoms with Crippen LogP contribution in [-0.4, -0.2) is 15.5 Å². The van der Waals surface area contributed by atoms with Crippen molar-refractivity contribution in [2.24, 2.45) is 7.05 Å². The van der Waals surface area contributed by atoms with E-state index < -0.39 is 11.9 Å². The second-order valence-corrected chi connectivity index (χ2v) is 6.24. The van der Waals surface area contributed by atoms with E-state index in [9.17, 15) is 9.18 Å². The molecule has 3 aromatic rings. The molecule has 2 aromatic carbocycles. The van der Waals surface area contributed by atoms with E-state index in [1.54, 1.807) is 47.3 Å². The lowest BCUT2D eigenvalue weighted by Crippen LogP contribution is -2.31. The van der Waals surface area contributed by atoms with Crippen molar-refractivity contribution in [1.29, 1.82) is 0 Å². The number of aryl methyl sites for hydroxylation is 1. The number of carbonyl (C=O) groups excluding carboxylic acids is 1. The first-order valence-electron chi connectivity index (χ1n) is 7.45. The molecule has 25 heavy (non-hydrogen) atoms. The molecule has 0 bridgehead atoms. The monoisotopic (exact) mass is 377 g/mol. The molecule has 0 saturated carbocycles. The molecule has 0 fully saturated rings. The van der Waals surface area contributed by atoms with Crippen molar-refractivity contribution in [2.75, 3.05) is 0 Å². The van der Waals surface area contributed by atoms with Crippen LogP contribution in [0, 0.1) is 5.82 Å². The summed E-state index contributed by atoms with van der Waals surface area (Å²) in [6, 6.07) is 10.2. The maximum Gasteiger partial charge on any atom is 0.253 e. The molecular formula is C18H14Cl2FN3O. The molecule has 4 nitrogen and oxygen atoms in total. The molecule has 7 heteroatoms. The van der Waals surface area contributed by atoms with E-state index in [2.05, 4.69) is 10.3 Å². The minimum absolute atomic E-state index is 0.180. The van der Waals surface area contributed by atoms with E-state index >= 15 is 0 Å². The molecular weight excluding hydrogens is 364 g/mol. The van der Waals surface area contributed by atoms with Crippen molar-refractivity contribution in [3.8, 4) is 0 Å². The van der Waals surface area contributed by atoms with Crippen LogP contribution in [0.3, 0.4) is 0 Å². The van der Waals surface area contributed by atoms with Crippen LogP contribution < -0.4 is 5.32 Å². The number of rotatable bonds is 4. The Hall–Kier alpha value is -2.37. The molecule has 1 atom stereocenters. The summed E-state index contributed by atoms with van der Waals surface area (Å²) in [7, 11) is 1.82. The number of hydrogen-bond acceptors (Lipinski definition) is 2. The fourth-order valence-electron chi connectivity index (χ4n) is 2.50. The molecule has 1 unspecified atom stereocenters. The molecule has 128 valence electrons. The van der Waals surface area contributed by atoms with Gasteiger partial charge in [0.25, 0.3) is 5.91 Å². The lowest BCUT2D eigenvalue weighted by molar-refractivity contribution is 0.0941. The Kier molecular flexibility index (Phi) is 5.06. The van der Waals surface area contributed by atoms with Crippen LogP contribution in [0.2, 0.25) is 10.0 Å². The quantitative estimate of drug-likeness (QED) is 0.732. The summed E-state index contributed by atoms with van der Waals surface area (Å²) >= 11 is 12.1. The first kappa shape index (κ1) is 17.5. The van der Waals surface area contributed by atoms with Crippen LogP contribution in [0.15, 0.2) is 54.9 Å². The van der Waals surface area contributed by atoms with Crippen LogP contribution in [0.1, 0.15) is 27.8 Å². The van der Waals surface area contributed by atoms with Gasteiger partial charge in [0.05, 0.1) is 15.6 Å². The highest BCUT2D eigenvalue weighted by molar-refractivity contribution is 6.43. The molecule has 0 spiro atoms. The second-order valence-electron chi connectivity index (χ2n) is 5.46. The Bertz CT molecular complexity index is 909. The van der Waals surface area contributed by atoms with Gasteiger partial charge in [0, 0.05) is 19.4 Å². The van der Waals surface area contributed by atoms with Crippen LogP contribution in [-0.2, 0) is 7.05 Å². The number of aromatic nitrogens is 2. The molecule has 0 radical (unpaired) electrons. The number of halogens is 3. The van der Waals surface area contributed by atoms with E-state index in [-0.39, 0.29) is 16.4 Å². The van der Waals surface area contributed by atoms with Gasteiger partial charge in [0.1, 0.15) is 17.7 Å². The number of benzene rings is 2. The SMILES string of the molecule is Cn1ccnc1C(NC(=O)c1cccc(Cl)c1Cl)c1ccc(F)cc1. The largest absolute Gasteiger partial charge is 0.338 e. The summed E-state index contributed by atoms with van der Waals surface area (Å²) in [4.78, 5) is 17.0. The zero-order valence-electron chi connectivity index (χ0n) is 13.2. The van der Waals surface area contributed by atoms with Gasteiger partial charge in [-0.1, -0.05) is 41.4 Å². The third-order valence-corrected chi connectivity index (χ3v) is 4.61. The van der Waals surface area contributed by atoms with Crippen molar-refractivity contribution in [1.82, 2.24) is 14.9 Å². The number of nitrogens with one attached hydrogen (secondary N) is 1. The van der Waals surface area contributed by atoms with Crippen molar-refractivity contribution < 1.29 is 9.18 Å². The predicted octanol–water partition coefficient (Wildman–Crippen LogP) is 4.39. The average Bonchev–Trinajstić information content (AvgIpc) is 3.02. The Morgan fingerprint density at radius 3 is 2.56 bits per heavy atom. The summed E-state index contributed by atoms with van der Waals surface area (Å²) < 4.78 is 15.0. The van der Waals surface area contributed by atoms with Gasteiger partial charge < -0.3 is 9.88 Å². The smallest absolute Gasteiger partial charge is 0.253 e. The molecule has 3 rings (SSSR count). The Morgan fingerprint density at radius 1 is 1.20 bits per heavy atom. The molecule has 1 aromatic heterocycles. The van der Waals surface area contributed by atoms with Gasteiger partial charge in [-0.2, -0.15) is 0 Å². The zero-order valence-corrected chi connectivity index (χ0v) is 14.7. The number of hydrogen-bond donors (Lipinski definition) is 1. The van der Waals surface area contributed by atoms with Crippen LogP contribution in [0.4, 0.5) is 4.39 Å². The molecule has 0 aliphatic carbocycles. The fourth-order valence-corrected chi connectivity index (χ4v) is 2.88. The van der Waals surface area contributed by atoms with Gasteiger partial charge in [-0.25, -0.2) is 9.37 Å². The van der Waals surface area contributed by atoms with E-state index in [0.717, 1.165) is 0 Å². The molecule has 1 N–H and O–H groups in total. The summed E-state index contributed by atoms with van der Waals surface area (Å²) in [6.45, 7) is 0. The highest BCUT2D eigenvalue weighted by Gasteiger charge is 2.23. The topological polar surface area (TPSA) is 46.9 Å². The van der Waals surface area contributed by atoms with Crippen molar-refractivity contribution >= 4 is 29.1 Å². The third kappa shape index (κ3) is 3.67.